The van der Waals surface area contributed by atoms with Crippen LogP contribution in [0.25, 0.3) is 0 Å². The van der Waals surface area contributed by atoms with E-state index in [1.807, 2.05) is 7.05 Å². The van der Waals surface area contributed by atoms with Crippen molar-refractivity contribution in [2.75, 3.05) is 47.1 Å². The summed E-state index contributed by atoms with van der Waals surface area (Å²) in [5.41, 5.74) is 1.60. The van der Waals surface area contributed by atoms with Gasteiger partial charge in [-0.2, -0.15) is 0 Å². The summed E-state index contributed by atoms with van der Waals surface area (Å²) in [6.07, 6.45) is 1.83. The summed E-state index contributed by atoms with van der Waals surface area (Å²) in [6.45, 7) is 2.37. The number of carbonyl (C=O) groups excluding carboxylic acids is 2. The third-order valence-electron chi connectivity index (χ3n) is 6.27. The van der Waals surface area contributed by atoms with Crippen LogP contribution in [0.5, 0.6) is 0 Å². The molecule has 8 nitrogen and oxygen atoms in total. The second-order valence-electron chi connectivity index (χ2n) is 9.01. The monoisotopic (exact) mass is 535 g/mol. The van der Waals surface area contributed by atoms with E-state index in [1.54, 1.807) is 30.3 Å². The molecule has 10 heteroatoms. The molecule has 1 aliphatic heterocycles. The van der Waals surface area contributed by atoms with Crippen molar-refractivity contribution >= 4 is 23.6 Å². The van der Waals surface area contributed by atoms with Crippen LogP contribution in [0.15, 0.2) is 42.5 Å². The molecule has 1 heterocycles. The van der Waals surface area contributed by atoms with Crippen LogP contribution >= 0.6 is 11.6 Å². The van der Waals surface area contributed by atoms with Gasteiger partial charge in [-0.15, -0.1) is 0 Å². The van der Waals surface area contributed by atoms with Crippen LogP contribution in [0.2, 0.25) is 5.02 Å². The molecule has 1 unspecified atom stereocenters. The standard InChI is InChI=1S/C27H35ClFN3O5/c1-30-24(11-18-5-4-9-36-17-18)16-32-26(33)20-7-3-6-19(12-20)25(37-10-8-31-27(34)35-2)21-13-22(28)15-23(29)14-21/h3,6-7,12-15,18,24-25,30H,4-5,8-11,16-17H2,1-2H3,(H,31,34)(H,32,33)/t18-,24-,25?/m1/s1. The van der Waals surface area contributed by atoms with Crippen molar-refractivity contribution in [3.05, 3.63) is 70.0 Å². The molecule has 0 aromatic heterocycles. The molecule has 2 aromatic carbocycles. The van der Waals surface area contributed by atoms with Crippen molar-refractivity contribution in [1.29, 1.82) is 0 Å². The molecule has 37 heavy (non-hydrogen) atoms. The van der Waals surface area contributed by atoms with Crippen LogP contribution in [0.3, 0.4) is 0 Å². The van der Waals surface area contributed by atoms with E-state index in [-0.39, 0.29) is 30.1 Å². The van der Waals surface area contributed by atoms with Gasteiger partial charge in [0.1, 0.15) is 11.9 Å². The Morgan fingerprint density at radius 1 is 1.19 bits per heavy atom. The Bertz CT molecular complexity index is 1010. The zero-order valence-electron chi connectivity index (χ0n) is 21.2. The molecule has 1 fully saturated rings. The molecule has 0 bridgehead atoms. The van der Waals surface area contributed by atoms with Gasteiger partial charge in [-0.1, -0.05) is 23.7 Å². The zero-order chi connectivity index (χ0) is 26.6. The molecule has 2 aromatic rings. The van der Waals surface area contributed by atoms with E-state index in [0.29, 0.717) is 29.2 Å². The number of benzene rings is 2. The maximum atomic E-state index is 14.1. The van der Waals surface area contributed by atoms with E-state index in [0.717, 1.165) is 32.5 Å². The highest BCUT2D eigenvalue weighted by Crippen LogP contribution is 2.29. The largest absolute Gasteiger partial charge is 0.453 e. The number of hydrogen-bond donors (Lipinski definition) is 3. The van der Waals surface area contributed by atoms with E-state index < -0.39 is 18.0 Å². The number of carbonyl (C=O) groups is 2. The molecule has 3 N–H and O–H groups in total. The van der Waals surface area contributed by atoms with E-state index in [4.69, 9.17) is 21.1 Å². The predicted molar refractivity (Wildman–Crippen MR) is 139 cm³/mol. The number of ether oxygens (including phenoxy) is 3. The van der Waals surface area contributed by atoms with Gasteiger partial charge in [0, 0.05) is 42.9 Å². The summed E-state index contributed by atoms with van der Waals surface area (Å²) in [7, 11) is 3.16. The first-order chi connectivity index (χ1) is 17.9. The summed E-state index contributed by atoms with van der Waals surface area (Å²) in [4.78, 5) is 24.3. The molecule has 0 aliphatic carbocycles. The predicted octanol–water partition coefficient (Wildman–Crippen LogP) is 4.08. The minimum atomic E-state index is -0.711. The number of rotatable bonds is 12. The summed E-state index contributed by atoms with van der Waals surface area (Å²) in [6, 6.07) is 11.3. The van der Waals surface area contributed by atoms with Crippen LogP contribution in [0.1, 0.15) is 46.9 Å². The molecule has 0 radical (unpaired) electrons. The summed E-state index contributed by atoms with van der Waals surface area (Å²) in [5.74, 6) is -0.236. The first-order valence-electron chi connectivity index (χ1n) is 12.4. The van der Waals surface area contributed by atoms with E-state index in [9.17, 15) is 14.0 Å². The molecule has 1 aliphatic rings. The fourth-order valence-electron chi connectivity index (χ4n) is 4.37. The van der Waals surface area contributed by atoms with Crippen LogP contribution in [-0.2, 0) is 14.2 Å². The van der Waals surface area contributed by atoms with Gasteiger partial charge in [0.2, 0.25) is 0 Å². The lowest BCUT2D eigenvalue weighted by Crippen LogP contribution is -2.41. The highest BCUT2D eigenvalue weighted by atomic mass is 35.5. The van der Waals surface area contributed by atoms with Gasteiger partial charge in [0.05, 0.1) is 13.7 Å². The number of methoxy groups -OCH3 is 1. The number of halogens is 2. The van der Waals surface area contributed by atoms with Crippen LogP contribution < -0.4 is 16.0 Å². The van der Waals surface area contributed by atoms with Gasteiger partial charge in [0.25, 0.3) is 5.91 Å². The van der Waals surface area contributed by atoms with Crippen molar-refractivity contribution in [3.8, 4) is 0 Å². The molecule has 0 saturated carbocycles. The van der Waals surface area contributed by atoms with Gasteiger partial charge >= 0.3 is 6.09 Å². The number of amides is 2. The normalized spacial score (nSPS) is 17.0. The first-order valence-corrected chi connectivity index (χ1v) is 12.8. The second kappa shape index (κ2) is 14.9. The van der Waals surface area contributed by atoms with Crippen molar-refractivity contribution < 1.29 is 28.2 Å². The molecule has 202 valence electrons. The topological polar surface area (TPSA) is 97.9 Å². The highest BCUT2D eigenvalue weighted by Gasteiger charge is 2.21. The van der Waals surface area contributed by atoms with Gasteiger partial charge in [-0.25, -0.2) is 9.18 Å². The second-order valence-corrected chi connectivity index (χ2v) is 9.45. The Kier molecular flexibility index (Phi) is 11.6. The third-order valence-corrected chi connectivity index (χ3v) is 6.49. The quantitative estimate of drug-likeness (QED) is 0.354. The lowest BCUT2D eigenvalue weighted by Gasteiger charge is -2.26. The number of hydrogen-bond acceptors (Lipinski definition) is 6. The van der Waals surface area contributed by atoms with Crippen molar-refractivity contribution in [2.45, 2.75) is 31.4 Å². The molecular formula is C27H35ClFN3O5. The molecule has 1 saturated heterocycles. The van der Waals surface area contributed by atoms with Crippen LogP contribution in [0, 0.1) is 11.7 Å². The minimum absolute atomic E-state index is 0.124. The van der Waals surface area contributed by atoms with Gasteiger partial charge in [0.15, 0.2) is 0 Å². The van der Waals surface area contributed by atoms with Crippen molar-refractivity contribution in [3.63, 3.8) is 0 Å². The van der Waals surface area contributed by atoms with Gasteiger partial charge in [-0.3, -0.25) is 4.79 Å². The lowest BCUT2D eigenvalue weighted by molar-refractivity contribution is 0.0478. The Morgan fingerprint density at radius 3 is 2.73 bits per heavy atom. The summed E-state index contributed by atoms with van der Waals surface area (Å²) < 4.78 is 30.3. The van der Waals surface area contributed by atoms with Gasteiger partial charge in [-0.05, 0) is 73.7 Å². The average Bonchev–Trinajstić information content (AvgIpc) is 2.90. The molecular weight excluding hydrogens is 501 g/mol. The smallest absolute Gasteiger partial charge is 0.406 e. The molecule has 3 rings (SSSR count). The van der Waals surface area contributed by atoms with Crippen molar-refractivity contribution in [2.24, 2.45) is 5.92 Å². The average molecular weight is 536 g/mol. The highest BCUT2D eigenvalue weighted by molar-refractivity contribution is 6.30. The number of likely N-dealkylation sites (N-methyl/N-ethyl adjacent to an activating group) is 1. The molecule has 0 spiro atoms. The Labute approximate surface area is 222 Å². The Morgan fingerprint density at radius 2 is 2.03 bits per heavy atom. The van der Waals surface area contributed by atoms with Crippen LogP contribution in [0.4, 0.5) is 9.18 Å². The summed E-state index contributed by atoms with van der Waals surface area (Å²) >= 11 is 6.09. The maximum Gasteiger partial charge on any atom is 0.406 e. The Hall–Kier alpha value is -2.72. The van der Waals surface area contributed by atoms with E-state index in [1.165, 1.54) is 19.2 Å². The zero-order valence-corrected chi connectivity index (χ0v) is 22.0. The van der Waals surface area contributed by atoms with E-state index >= 15 is 0 Å². The molecule has 3 atom stereocenters. The fraction of sp³-hybridized carbons (Fsp3) is 0.481. The minimum Gasteiger partial charge on any atom is -0.453 e. The lowest BCUT2D eigenvalue weighted by atomic mass is 9.94. The fourth-order valence-corrected chi connectivity index (χ4v) is 4.60. The maximum absolute atomic E-state index is 14.1. The van der Waals surface area contributed by atoms with Gasteiger partial charge < -0.3 is 30.2 Å². The third kappa shape index (κ3) is 9.27. The SMILES string of the molecule is CN[C@@H](CNC(=O)c1cccc(C(OCCNC(=O)OC)c2cc(F)cc(Cl)c2)c1)C[C@H]1CCCOC1. The number of alkyl carbamates (subject to hydrolysis) is 1. The summed E-state index contributed by atoms with van der Waals surface area (Å²) in [5, 5.41) is 9.06. The molecule has 2 amide bonds. The van der Waals surface area contributed by atoms with Crippen LogP contribution in [-0.4, -0.2) is 65.1 Å². The van der Waals surface area contributed by atoms with Crippen molar-refractivity contribution in [1.82, 2.24) is 16.0 Å². The van der Waals surface area contributed by atoms with E-state index in [2.05, 4.69) is 20.7 Å². The Balaban J connectivity index is 1.70. The number of nitrogens with one attached hydrogen (secondary N) is 3. The first kappa shape index (κ1) is 28.8.